The van der Waals surface area contributed by atoms with E-state index in [0.29, 0.717) is 6.04 Å². The number of nitrogens with one attached hydrogen (secondary N) is 1. The van der Waals surface area contributed by atoms with Gasteiger partial charge in [0.25, 0.3) is 0 Å². The van der Waals surface area contributed by atoms with Gasteiger partial charge in [-0.3, -0.25) is 0 Å². The van der Waals surface area contributed by atoms with Crippen LogP contribution in [0.15, 0.2) is 18.3 Å². The molecule has 1 aliphatic rings. The molecular formula is C9H11FN2. The lowest BCUT2D eigenvalue weighted by Crippen LogP contribution is -2.03. The predicted molar refractivity (Wildman–Crippen MR) is 45.4 cm³/mol. The molecule has 12 heavy (non-hydrogen) atoms. The Bertz CT molecular complexity index is 288. The van der Waals surface area contributed by atoms with Crippen LogP contribution in [-0.4, -0.2) is 11.0 Å². The van der Waals surface area contributed by atoms with Gasteiger partial charge in [-0.05, 0) is 18.4 Å². The number of rotatable bonds is 2. The molecule has 0 aromatic carbocycles. The van der Waals surface area contributed by atoms with Gasteiger partial charge in [0.15, 0.2) is 0 Å². The number of nitrogens with zero attached hydrogens (tertiary/aromatic N) is 1. The van der Waals surface area contributed by atoms with Crippen molar-refractivity contribution in [2.45, 2.75) is 19.4 Å². The van der Waals surface area contributed by atoms with Crippen LogP contribution in [0.4, 0.5) is 10.1 Å². The Kier molecular flexibility index (Phi) is 1.71. The number of aromatic nitrogens is 1. The maximum Gasteiger partial charge on any atom is 0.214 e. The van der Waals surface area contributed by atoms with Crippen molar-refractivity contribution in [2.24, 2.45) is 5.92 Å². The molecule has 1 saturated carbocycles. The van der Waals surface area contributed by atoms with E-state index >= 15 is 0 Å². The van der Waals surface area contributed by atoms with Gasteiger partial charge in [0.2, 0.25) is 5.95 Å². The minimum Gasteiger partial charge on any atom is -0.382 e. The summed E-state index contributed by atoms with van der Waals surface area (Å²) in [6.07, 6.45) is 2.66. The fourth-order valence-corrected chi connectivity index (χ4v) is 1.23. The Morgan fingerprint density at radius 3 is 3.00 bits per heavy atom. The number of pyridine rings is 1. The second-order valence-electron chi connectivity index (χ2n) is 3.33. The molecule has 2 nitrogen and oxygen atoms in total. The lowest BCUT2D eigenvalue weighted by Gasteiger charge is -2.03. The summed E-state index contributed by atoms with van der Waals surface area (Å²) in [4.78, 5) is 3.48. The maximum absolute atomic E-state index is 12.6. The van der Waals surface area contributed by atoms with Gasteiger partial charge in [-0.1, -0.05) is 6.92 Å². The van der Waals surface area contributed by atoms with Crippen molar-refractivity contribution in [3.8, 4) is 0 Å². The third-order valence-corrected chi connectivity index (χ3v) is 2.19. The average Bonchev–Trinajstić information content (AvgIpc) is 2.66. The standard InChI is InChI=1S/C9H11FN2/c1-6-4-8(6)12-7-2-3-11-9(10)5-7/h2-3,5-6,8H,4H2,1H3,(H,11,12). The van der Waals surface area contributed by atoms with Gasteiger partial charge < -0.3 is 5.32 Å². The van der Waals surface area contributed by atoms with E-state index in [0.717, 1.165) is 11.6 Å². The van der Waals surface area contributed by atoms with Crippen molar-refractivity contribution >= 4 is 5.69 Å². The first-order chi connectivity index (χ1) is 5.75. The molecule has 64 valence electrons. The summed E-state index contributed by atoms with van der Waals surface area (Å²) in [5.74, 6) is 0.300. The van der Waals surface area contributed by atoms with Crippen molar-refractivity contribution in [3.05, 3.63) is 24.3 Å². The third-order valence-electron chi connectivity index (χ3n) is 2.19. The van der Waals surface area contributed by atoms with Gasteiger partial charge in [-0.15, -0.1) is 0 Å². The largest absolute Gasteiger partial charge is 0.382 e. The molecule has 0 radical (unpaired) electrons. The number of hydrogen-bond acceptors (Lipinski definition) is 2. The van der Waals surface area contributed by atoms with Crippen molar-refractivity contribution in [3.63, 3.8) is 0 Å². The van der Waals surface area contributed by atoms with E-state index < -0.39 is 5.95 Å². The maximum atomic E-state index is 12.6. The second-order valence-corrected chi connectivity index (χ2v) is 3.33. The van der Waals surface area contributed by atoms with Crippen molar-refractivity contribution < 1.29 is 4.39 Å². The molecule has 1 aromatic heterocycles. The van der Waals surface area contributed by atoms with E-state index in [1.807, 2.05) is 0 Å². The first-order valence-corrected chi connectivity index (χ1v) is 4.14. The molecule has 2 rings (SSSR count). The van der Waals surface area contributed by atoms with E-state index in [-0.39, 0.29) is 0 Å². The van der Waals surface area contributed by atoms with Gasteiger partial charge in [0, 0.05) is 24.0 Å². The highest BCUT2D eigenvalue weighted by atomic mass is 19.1. The van der Waals surface area contributed by atoms with Crippen LogP contribution in [0.25, 0.3) is 0 Å². The SMILES string of the molecule is CC1CC1Nc1ccnc(F)c1. The summed E-state index contributed by atoms with van der Waals surface area (Å²) >= 11 is 0. The number of halogens is 1. The lowest BCUT2D eigenvalue weighted by atomic mass is 10.4. The lowest BCUT2D eigenvalue weighted by molar-refractivity contribution is 0.584. The Hall–Kier alpha value is -1.12. The Morgan fingerprint density at radius 1 is 1.67 bits per heavy atom. The molecular weight excluding hydrogens is 155 g/mol. The van der Waals surface area contributed by atoms with Crippen LogP contribution in [-0.2, 0) is 0 Å². The molecule has 0 bridgehead atoms. The molecule has 1 aromatic rings. The summed E-state index contributed by atoms with van der Waals surface area (Å²) in [7, 11) is 0. The summed E-state index contributed by atoms with van der Waals surface area (Å²) in [6.45, 7) is 2.18. The molecule has 0 spiro atoms. The zero-order chi connectivity index (χ0) is 8.55. The van der Waals surface area contributed by atoms with E-state index in [4.69, 9.17) is 0 Å². The first-order valence-electron chi connectivity index (χ1n) is 4.14. The van der Waals surface area contributed by atoms with E-state index in [1.54, 1.807) is 6.07 Å². The molecule has 1 N–H and O–H groups in total. The van der Waals surface area contributed by atoms with E-state index in [2.05, 4.69) is 17.2 Å². The van der Waals surface area contributed by atoms with Gasteiger partial charge in [0.1, 0.15) is 0 Å². The molecule has 3 heteroatoms. The van der Waals surface area contributed by atoms with Gasteiger partial charge in [0.05, 0.1) is 0 Å². The molecule has 0 aliphatic heterocycles. The third kappa shape index (κ3) is 1.55. The number of hydrogen-bond donors (Lipinski definition) is 1. The predicted octanol–water partition coefficient (Wildman–Crippen LogP) is 2.04. The average molecular weight is 166 g/mol. The molecule has 1 aliphatic carbocycles. The summed E-state index contributed by atoms with van der Waals surface area (Å²) in [5, 5.41) is 3.23. The zero-order valence-corrected chi connectivity index (χ0v) is 6.92. The Morgan fingerprint density at radius 2 is 2.42 bits per heavy atom. The molecule has 1 heterocycles. The highest BCUT2D eigenvalue weighted by Gasteiger charge is 2.32. The van der Waals surface area contributed by atoms with Crippen molar-refractivity contribution in [1.82, 2.24) is 4.98 Å². The highest BCUT2D eigenvalue weighted by molar-refractivity contribution is 5.43. The van der Waals surface area contributed by atoms with Crippen LogP contribution in [0.1, 0.15) is 13.3 Å². The summed E-state index contributed by atoms with van der Waals surface area (Å²) < 4.78 is 12.6. The molecule has 2 unspecified atom stereocenters. The fourth-order valence-electron chi connectivity index (χ4n) is 1.23. The fraction of sp³-hybridized carbons (Fsp3) is 0.444. The number of anilines is 1. The topological polar surface area (TPSA) is 24.9 Å². The summed E-state index contributed by atoms with van der Waals surface area (Å²) in [6, 6.07) is 3.74. The van der Waals surface area contributed by atoms with Crippen LogP contribution in [0.5, 0.6) is 0 Å². The zero-order valence-electron chi connectivity index (χ0n) is 6.92. The van der Waals surface area contributed by atoms with Crippen LogP contribution in [0.3, 0.4) is 0 Å². The second kappa shape index (κ2) is 2.73. The normalized spacial score (nSPS) is 26.8. The summed E-state index contributed by atoms with van der Waals surface area (Å²) in [5.41, 5.74) is 0.830. The van der Waals surface area contributed by atoms with Gasteiger partial charge >= 0.3 is 0 Å². The molecule has 0 saturated heterocycles. The highest BCUT2D eigenvalue weighted by Crippen LogP contribution is 2.32. The van der Waals surface area contributed by atoms with Crippen LogP contribution in [0.2, 0.25) is 0 Å². The smallest absolute Gasteiger partial charge is 0.214 e. The van der Waals surface area contributed by atoms with Crippen molar-refractivity contribution in [1.29, 1.82) is 0 Å². The monoisotopic (exact) mass is 166 g/mol. The Labute approximate surface area is 70.8 Å². The quantitative estimate of drug-likeness (QED) is 0.680. The van der Waals surface area contributed by atoms with Crippen LogP contribution < -0.4 is 5.32 Å². The van der Waals surface area contributed by atoms with Crippen molar-refractivity contribution in [2.75, 3.05) is 5.32 Å². The van der Waals surface area contributed by atoms with E-state index in [1.165, 1.54) is 18.7 Å². The van der Waals surface area contributed by atoms with E-state index in [9.17, 15) is 4.39 Å². The minimum absolute atomic E-state index is 0.423. The molecule has 0 amide bonds. The van der Waals surface area contributed by atoms with Gasteiger partial charge in [-0.25, -0.2) is 4.98 Å². The Balaban J connectivity index is 2.03. The molecule has 1 fully saturated rings. The van der Waals surface area contributed by atoms with Crippen LogP contribution >= 0.6 is 0 Å². The first kappa shape index (κ1) is 7.53. The minimum atomic E-state index is -0.423. The van der Waals surface area contributed by atoms with Gasteiger partial charge in [-0.2, -0.15) is 4.39 Å². The van der Waals surface area contributed by atoms with Crippen LogP contribution in [0, 0.1) is 11.9 Å². The molecule has 2 atom stereocenters.